The van der Waals surface area contributed by atoms with E-state index in [1.165, 1.54) is 48.5 Å². The number of hydrogen-bond donors (Lipinski definition) is 0. The number of esters is 5. The Labute approximate surface area is 298 Å². The number of hydrogen-bond acceptors (Lipinski definition) is 11. The smallest absolute Gasteiger partial charge is 0.340 e. The van der Waals surface area contributed by atoms with Crippen LogP contribution >= 0.6 is 0 Å². The Kier molecular flexibility index (Phi) is 11.4. The molecule has 0 aromatic heterocycles. The van der Waals surface area contributed by atoms with Gasteiger partial charge >= 0.3 is 29.8 Å². The van der Waals surface area contributed by atoms with E-state index in [9.17, 15) is 24.0 Å². The Morgan fingerprint density at radius 3 is 1.21 bits per heavy atom. The summed E-state index contributed by atoms with van der Waals surface area (Å²) in [6.45, 7) is -0.588. The summed E-state index contributed by atoms with van der Waals surface area (Å²) in [6, 6.07) is 40.1. The molecule has 262 valence electrons. The minimum atomic E-state index is -1.68. The number of carbonyl (C=O) groups excluding carboxylic acids is 5. The molecular weight excluding hydrogens is 668 g/mol. The highest BCUT2D eigenvalue weighted by Crippen LogP contribution is 2.33. The van der Waals surface area contributed by atoms with E-state index in [0.717, 1.165) is 0 Å². The zero-order valence-corrected chi connectivity index (χ0v) is 27.5. The van der Waals surface area contributed by atoms with Gasteiger partial charge in [-0.15, -0.1) is 0 Å². The fraction of sp³-hybridized carbons (Fsp3) is 0.146. The van der Waals surface area contributed by atoms with Crippen LogP contribution in [0.5, 0.6) is 0 Å². The lowest BCUT2D eigenvalue weighted by Crippen LogP contribution is -2.47. The Balaban J connectivity index is 1.38. The van der Waals surface area contributed by atoms with Crippen molar-refractivity contribution in [1.29, 1.82) is 0 Å². The zero-order chi connectivity index (χ0) is 36.3. The molecule has 0 amide bonds. The van der Waals surface area contributed by atoms with Gasteiger partial charge in [0.25, 0.3) is 0 Å². The lowest BCUT2D eigenvalue weighted by molar-refractivity contribution is -0.156. The molecule has 5 atom stereocenters. The van der Waals surface area contributed by atoms with Gasteiger partial charge in [0, 0.05) is 0 Å². The zero-order valence-electron chi connectivity index (χ0n) is 27.5. The first-order valence-electron chi connectivity index (χ1n) is 16.3. The van der Waals surface area contributed by atoms with Crippen LogP contribution in [0.3, 0.4) is 0 Å². The van der Waals surface area contributed by atoms with Crippen LogP contribution in [-0.2, 0) is 28.4 Å². The van der Waals surface area contributed by atoms with Crippen LogP contribution in [-0.4, -0.2) is 67.2 Å². The second-order valence-corrected chi connectivity index (χ2v) is 11.5. The number of carbonyl (C=O) groups is 5. The largest absolute Gasteiger partial charge is 0.458 e. The molecule has 0 spiro atoms. The predicted octanol–water partition coefficient (Wildman–Crippen LogP) is 6.10. The van der Waals surface area contributed by atoms with E-state index in [4.69, 9.17) is 28.4 Å². The maximum absolute atomic E-state index is 13.6. The van der Waals surface area contributed by atoms with E-state index >= 15 is 0 Å². The molecule has 0 N–H and O–H groups in total. The van der Waals surface area contributed by atoms with Crippen LogP contribution in [0.2, 0.25) is 0 Å². The Hall–Kier alpha value is -6.59. The van der Waals surface area contributed by atoms with E-state index in [-0.39, 0.29) is 27.8 Å². The molecule has 5 aromatic carbocycles. The van der Waals surface area contributed by atoms with Gasteiger partial charge in [-0.3, -0.25) is 0 Å². The summed E-state index contributed by atoms with van der Waals surface area (Å²) < 4.78 is 35.3. The average Bonchev–Trinajstić information content (AvgIpc) is 3.52. The first-order valence-corrected chi connectivity index (χ1v) is 16.3. The quantitative estimate of drug-likeness (QED) is 0.110. The monoisotopic (exact) mass is 700 g/mol. The molecule has 1 aliphatic heterocycles. The summed E-state index contributed by atoms with van der Waals surface area (Å²) in [5.41, 5.74) is 0.837. The second-order valence-electron chi connectivity index (χ2n) is 11.5. The van der Waals surface area contributed by atoms with Gasteiger partial charge in [-0.25, -0.2) is 24.0 Å². The highest BCUT2D eigenvalue weighted by molar-refractivity contribution is 5.92. The van der Waals surface area contributed by atoms with Gasteiger partial charge in [0.05, 0.1) is 27.8 Å². The van der Waals surface area contributed by atoms with Crippen LogP contribution in [0.4, 0.5) is 0 Å². The molecule has 0 bridgehead atoms. The van der Waals surface area contributed by atoms with Crippen molar-refractivity contribution in [3.05, 3.63) is 179 Å². The number of benzene rings is 5. The van der Waals surface area contributed by atoms with Crippen molar-refractivity contribution < 1.29 is 52.4 Å². The van der Waals surface area contributed by atoms with Crippen LogP contribution in [0, 0.1) is 0 Å². The molecule has 1 heterocycles. The van der Waals surface area contributed by atoms with Crippen molar-refractivity contribution in [3.8, 4) is 0 Å². The van der Waals surface area contributed by atoms with E-state index in [1.807, 2.05) is 0 Å². The molecule has 0 radical (unpaired) electrons. The van der Waals surface area contributed by atoms with Crippen molar-refractivity contribution in [3.63, 3.8) is 0 Å². The summed E-state index contributed by atoms with van der Waals surface area (Å²) in [7, 11) is 0. The topological polar surface area (TPSA) is 141 Å². The van der Waals surface area contributed by atoms with E-state index in [1.54, 1.807) is 103 Å². The van der Waals surface area contributed by atoms with Crippen LogP contribution in [0.1, 0.15) is 51.8 Å². The van der Waals surface area contributed by atoms with E-state index in [0.29, 0.717) is 0 Å². The normalized spacial score (nSPS) is 18.3. The van der Waals surface area contributed by atoms with Crippen molar-refractivity contribution in [1.82, 2.24) is 0 Å². The van der Waals surface area contributed by atoms with Gasteiger partial charge in [0.15, 0.2) is 12.2 Å². The van der Waals surface area contributed by atoms with Gasteiger partial charge in [-0.05, 0) is 60.7 Å². The SMILES string of the molecule is O=C(OC[C@H](OC(=O)c1ccccc1)[C@H]1O[C@@H](OC(=O)c2ccccc2)[C@@H](OC(=O)c2ccccc2)[C@H]1OC(=O)c1ccccc1)c1ccccc1. The lowest BCUT2D eigenvalue weighted by atomic mass is 10.0. The summed E-state index contributed by atoms with van der Waals surface area (Å²) in [5, 5.41) is 0. The van der Waals surface area contributed by atoms with Gasteiger partial charge in [0.2, 0.25) is 12.4 Å². The first-order chi connectivity index (χ1) is 25.4. The van der Waals surface area contributed by atoms with Crippen LogP contribution < -0.4 is 0 Å². The Morgan fingerprint density at radius 1 is 0.442 bits per heavy atom. The summed E-state index contributed by atoms with van der Waals surface area (Å²) >= 11 is 0. The molecule has 0 unspecified atom stereocenters. The Morgan fingerprint density at radius 2 is 0.788 bits per heavy atom. The van der Waals surface area contributed by atoms with E-state index in [2.05, 4.69) is 0 Å². The molecule has 11 nitrogen and oxygen atoms in total. The fourth-order valence-electron chi connectivity index (χ4n) is 5.37. The van der Waals surface area contributed by atoms with Crippen molar-refractivity contribution in [2.75, 3.05) is 6.61 Å². The minimum Gasteiger partial charge on any atom is -0.458 e. The number of rotatable bonds is 12. The fourth-order valence-corrected chi connectivity index (χ4v) is 5.37. The molecule has 6 rings (SSSR count). The van der Waals surface area contributed by atoms with Crippen molar-refractivity contribution in [2.24, 2.45) is 0 Å². The molecule has 1 aliphatic rings. The standard InChI is InChI=1S/C41H32O11/c42-36(27-16-6-1-7-17-27)47-26-32(48-37(43)28-18-8-2-9-19-28)33-34(49-38(44)29-20-10-3-11-21-29)35(50-39(45)30-22-12-4-13-23-30)41(51-33)52-40(46)31-24-14-5-15-25-31/h1-25,32-35,41H,26H2/t32-,33+,34-,35-,41-/m0/s1. The number of ether oxygens (including phenoxy) is 6. The van der Waals surface area contributed by atoms with Crippen LogP contribution in [0.25, 0.3) is 0 Å². The maximum Gasteiger partial charge on any atom is 0.340 e. The molecular formula is C41H32O11. The third-order valence-corrected chi connectivity index (χ3v) is 7.97. The summed E-state index contributed by atoms with van der Waals surface area (Å²) in [5.74, 6) is -4.08. The molecule has 11 heteroatoms. The summed E-state index contributed by atoms with van der Waals surface area (Å²) in [4.78, 5) is 67.0. The average molecular weight is 701 g/mol. The van der Waals surface area contributed by atoms with Gasteiger partial charge in [-0.2, -0.15) is 0 Å². The lowest BCUT2D eigenvalue weighted by Gasteiger charge is -2.28. The molecule has 1 fully saturated rings. The predicted molar refractivity (Wildman–Crippen MR) is 184 cm³/mol. The molecule has 0 aliphatic carbocycles. The Bertz CT molecular complexity index is 1970. The molecule has 1 saturated heterocycles. The molecule has 52 heavy (non-hydrogen) atoms. The highest BCUT2D eigenvalue weighted by Gasteiger charge is 2.56. The summed E-state index contributed by atoms with van der Waals surface area (Å²) in [6.07, 6.45) is -7.79. The van der Waals surface area contributed by atoms with Crippen molar-refractivity contribution in [2.45, 2.75) is 30.7 Å². The van der Waals surface area contributed by atoms with Crippen molar-refractivity contribution >= 4 is 29.8 Å². The van der Waals surface area contributed by atoms with Gasteiger partial charge in [0.1, 0.15) is 12.7 Å². The minimum absolute atomic E-state index is 0.146. The highest BCUT2D eigenvalue weighted by atomic mass is 16.8. The third-order valence-electron chi connectivity index (χ3n) is 7.97. The van der Waals surface area contributed by atoms with Gasteiger partial charge in [-0.1, -0.05) is 91.0 Å². The van der Waals surface area contributed by atoms with Crippen LogP contribution in [0.15, 0.2) is 152 Å². The molecule has 5 aromatic rings. The third kappa shape index (κ3) is 8.76. The molecule has 0 saturated carbocycles. The second kappa shape index (κ2) is 16.9. The van der Waals surface area contributed by atoms with Gasteiger partial charge < -0.3 is 28.4 Å². The van der Waals surface area contributed by atoms with E-state index < -0.39 is 67.2 Å². The first kappa shape index (κ1) is 35.2. The maximum atomic E-state index is 13.6.